The summed E-state index contributed by atoms with van der Waals surface area (Å²) in [5, 5.41) is 0. The predicted octanol–water partition coefficient (Wildman–Crippen LogP) is 2.22. The van der Waals surface area contributed by atoms with Crippen molar-refractivity contribution in [2.75, 3.05) is 12.0 Å². The van der Waals surface area contributed by atoms with Gasteiger partial charge in [-0.15, -0.1) is 0 Å². The van der Waals surface area contributed by atoms with Crippen LogP contribution in [0.1, 0.15) is 13.3 Å². The molecule has 5 nitrogen and oxygen atoms in total. The molecule has 0 saturated heterocycles. The summed E-state index contributed by atoms with van der Waals surface area (Å²) in [6.45, 7) is 2.75. The van der Waals surface area contributed by atoms with E-state index < -0.39 is 0 Å². The molecule has 0 aromatic carbocycles. The van der Waals surface area contributed by atoms with Gasteiger partial charge in [0.05, 0.1) is 24.2 Å². The number of anilines is 1. The Labute approximate surface area is 106 Å². The number of hydrazine groups is 1. The second kappa shape index (κ2) is 5.97. The molecule has 94 valence electrons. The largest absolute Gasteiger partial charge is 0.492 e. The number of nitrogens with two attached hydrogens (primary N) is 1. The molecule has 0 spiro atoms. The SMILES string of the molecule is CCCOc1cncc(-c2cc(NN)ccn2)c1. The minimum Gasteiger partial charge on any atom is -0.492 e. The summed E-state index contributed by atoms with van der Waals surface area (Å²) in [4.78, 5) is 8.44. The van der Waals surface area contributed by atoms with Crippen molar-refractivity contribution in [3.8, 4) is 17.0 Å². The molecule has 18 heavy (non-hydrogen) atoms. The molecule has 0 unspecified atom stereocenters. The van der Waals surface area contributed by atoms with E-state index in [0.29, 0.717) is 6.61 Å². The Morgan fingerprint density at radius 2 is 2.22 bits per heavy atom. The van der Waals surface area contributed by atoms with E-state index in [1.54, 1.807) is 24.7 Å². The molecule has 0 aliphatic heterocycles. The van der Waals surface area contributed by atoms with E-state index in [9.17, 15) is 0 Å². The lowest BCUT2D eigenvalue weighted by Crippen LogP contribution is -2.06. The fourth-order valence-corrected chi connectivity index (χ4v) is 1.54. The van der Waals surface area contributed by atoms with Crippen molar-refractivity contribution in [2.24, 2.45) is 5.84 Å². The molecule has 0 radical (unpaired) electrons. The molecule has 5 heteroatoms. The van der Waals surface area contributed by atoms with Crippen LogP contribution in [0.5, 0.6) is 5.75 Å². The van der Waals surface area contributed by atoms with E-state index in [2.05, 4.69) is 22.3 Å². The molecule has 0 aliphatic carbocycles. The normalized spacial score (nSPS) is 10.1. The Kier molecular flexibility index (Phi) is 4.09. The lowest BCUT2D eigenvalue weighted by atomic mass is 10.2. The maximum Gasteiger partial charge on any atom is 0.138 e. The van der Waals surface area contributed by atoms with Gasteiger partial charge in [-0.3, -0.25) is 15.8 Å². The van der Waals surface area contributed by atoms with Crippen molar-refractivity contribution in [1.29, 1.82) is 0 Å². The lowest BCUT2D eigenvalue weighted by molar-refractivity contribution is 0.316. The zero-order valence-corrected chi connectivity index (χ0v) is 10.3. The molecule has 2 aromatic heterocycles. The molecular weight excluding hydrogens is 228 g/mol. The highest BCUT2D eigenvalue weighted by atomic mass is 16.5. The van der Waals surface area contributed by atoms with Crippen molar-refractivity contribution < 1.29 is 4.74 Å². The van der Waals surface area contributed by atoms with Gasteiger partial charge >= 0.3 is 0 Å². The molecule has 0 amide bonds. The van der Waals surface area contributed by atoms with Gasteiger partial charge in [0.15, 0.2) is 0 Å². The fraction of sp³-hybridized carbons (Fsp3) is 0.231. The minimum absolute atomic E-state index is 0.683. The highest BCUT2D eigenvalue weighted by Gasteiger charge is 2.03. The summed E-state index contributed by atoms with van der Waals surface area (Å²) in [5.74, 6) is 6.13. The van der Waals surface area contributed by atoms with Crippen molar-refractivity contribution in [3.05, 3.63) is 36.8 Å². The molecule has 2 heterocycles. The van der Waals surface area contributed by atoms with Gasteiger partial charge in [-0.05, 0) is 24.6 Å². The Bertz CT molecular complexity index is 516. The number of nitrogens with zero attached hydrogens (tertiary/aromatic N) is 2. The topological polar surface area (TPSA) is 73.1 Å². The van der Waals surface area contributed by atoms with Crippen LogP contribution >= 0.6 is 0 Å². The van der Waals surface area contributed by atoms with E-state index >= 15 is 0 Å². The van der Waals surface area contributed by atoms with E-state index in [1.807, 2.05) is 12.1 Å². The van der Waals surface area contributed by atoms with Gasteiger partial charge in [-0.2, -0.15) is 0 Å². The Balaban J connectivity index is 2.26. The Morgan fingerprint density at radius 3 is 3.00 bits per heavy atom. The third-order valence-corrected chi connectivity index (χ3v) is 2.41. The minimum atomic E-state index is 0.683. The van der Waals surface area contributed by atoms with Crippen LogP contribution in [0.4, 0.5) is 5.69 Å². The first-order chi connectivity index (χ1) is 8.83. The third-order valence-electron chi connectivity index (χ3n) is 2.41. The Hall–Kier alpha value is -2.14. The highest BCUT2D eigenvalue weighted by Crippen LogP contribution is 2.22. The van der Waals surface area contributed by atoms with Gasteiger partial charge in [0.2, 0.25) is 0 Å². The van der Waals surface area contributed by atoms with Crippen LogP contribution in [0.3, 0.4) is 0 Å². The predicted molar refractivity (Wildman–Crippen MR) is 71.1 cm³/mol. The molecule has 0 fully saturated rings. The number of hydrogen-bond acceptors (Lipinski definition) is 5. The number of pyridine rings is 2. The molecule has 0 aliphatic rings. The van der Waals surface area contributed by atoms with Gasteiger partial charge in [0.1, 0.15) is 5.75 Å². The van der Waals surface area contributed by atoms with Crippen molar-refractivity contribution in [2.45, 2.75) is 13.3 Å². The van der Waals surface area contributed by atoms with Gasteiger partial charge in [0.25, 0.3) is 0 Å². The first kappa shape index (κ1) is 12.3. The maximum absolute atomic E-state index is 5.54. The fourth-order valence-electron chi connectivity index (χ4n) is 1.54. The smallest absolute Gasteiger partial charge is 0.138 e. The summed E-state index contributed by atoms with van der Waals surface area (Å²) in [6, 6.07) is 5.58. The first-order valence-corrected chi connectivity index (χ1v) is 5.84. The molecule has 0 atom stereocenters. The van der Waals surface area contributed by atoms with Gasteiger partial charge < -0.3 is 10.2 Å². The number of nitrogens with one attached hydrogen (secondary N) is 1. The summed E-state index contributed by atoms with van der Waals surface area (Å²) >= 11 is 0. The molecule has 0 bridgehead atoms. The maximum atomic E-state index is 5.54. The van der Waals surface area contributed by atoms with Crippen molar-refractivity contribution >= 4 is 5.69 Å². The Morgan fingerprint density at radius 1 is 1.33 bits per heavy atom. The third kappa shape index (κ3) is 2.95. The van der Waals surface area contributed by atoms with Crippen LogP contribution in [0.25, 0.3) is 11.3 Å². The van der Waals surface area contributed by atoms with Crippen molar-refractivity contribution in [3.63, 3.8) is 0 Å². The summed E-state index contributed by atoms with van der Waals surface area (Å²) < 4.78 is 5.54. The number of rotatable bonds is 5. The van der Waals surface area contributed by atoms with Crippen LogP contribution in [-0.4, -0.2) is 16.6 Å². The van der Waals surface area contributed by atoms with Crippen LogP contribution in [0, 0.1) is 0 Å². The second-order valence-corrected chi connectivity index (χ2v) is 3.83. The summed E-state index contributed by atoms with van der Waals surface area (Å²) in [6.07, 6.45) is 6.12. The van der Waals surface area contributed by atoms with Crippen LogP contribution in [0.15, 0.2) is 36.8 Å². The van der Waals surface area contributed by atoms with E-state index in [1.165, 1.54) is 0 Å². The van der Waals surface area contributed by atoms with Gasteiger partial charge in [-0.1, -0.05) is 6.92 Å². The summed E-state index contributed by atoms with van der Waals surface area (Å²) in [7, 11) is 0. The first-order valence-electron chi connectivity index (χ1n) is 5.84. The van der Waals surface area contributed by atoms with Crippen LogP contribution in [-0.2, 0) is 0 Å². The average Bonchev–Trinajstić information content (AvgIpc) is 2.45. The van der Waals surface area contributed by atoms with Crippen molar-refractivity contribution in [1.82, 2.24) is 9.97 Å². The quantitative estimate of drug-likeness (QED) is 0.623. The van der Waals surface area contributed by atoms with Gasteiger partial charge in [0, 0.05) is 18.0 Å². The monoisotopic (exact) mass is 244 g/mol. The van der Waals surface area contributed by atoms with E-state index in [-0.39, 0.29) is 0 Å². The zero-order chi connectivity index (χ0) is 12.8. The van der Waals surface area contributed by atoms with Crippen LogP contribution < -0.4 is 16.0 Å². The van der Waals surface area contributed by atoms with E-state index in [4.69, 9.17) is 10.6 Å². The van der Waals surface area contributed by atoms with Crippen LogP contribution in [0.2, 0.25) is 0 Å². The lowest BCUT2D eigenvalue weighted by Gasteiger charge is -2.07. The van der Waals surface area contributed by atoms with E-state index in [0.717, 1.165) is 29.1 Å². The number of ether oxygens (including phenoxy) is 1. The standard InChI is InChI=1S/C13H16N4O/c1-2-5-18-12-6-10(8-15-9-12)13-7-11(17-14)3-4-16-13/h3-4,6-9H,2,5,14H2,1H3,(H,16,17). The second-order valence-electron chi connectivity index (χ2n) is 3.83. The number of nitrogen functional groups attached to an aromatic ring is 1. The molecular formula is C13H16N4O. The zero-order valence-electron chi connectivity index (χ0n) is 10.3. The molecule has 3 N–H and O–H groups in total. The molecule has 2 aromatic rings. The number of hydrogen-bond donors (Lipinski definition) is 2. The summed E-state index contributed by atoms with van der Waals surface area (Å²) in [5.41, 5.74) is 5.11. The molecule has 0 saturated carbocycles. The average molecular weight is 244 g/mol. The molecule has 2 rings (SSSR count). The number of aromatic nitrogens is 2. The van der Waals surface area contributed by atoms with Gasteiger partial charge in [-0.25, -0.2) is 0 Å². The highest BCUT2D eigenvalue weighted by molar-refractivity contribution is 5.64.